The highest BCUT2D eigenvalue weighted by Crippen LogP contribution is 2.25. The molecule has 5 nitrogen and oxygen atoms in total. The van der Waals surface area contributed by atoms with Crippen LogP contribution in [-0.2, 0) is 10.2 Å². The van der Waals surface area contributed by atoms with Crippen molar-refractivity contribution in [1.82, 2.24) is 14.9 Å². The normalized spacial score (nSPS) is 11.3. The molecule has 20 heavy (non-hydrogen) atoms. The van der Waals surface area contributed by atoms with Crippen LogP contribution in [0.3, 0.4) is 0 Å². The minimum Gasteiger partial charge on any atom is -0.272 e. The fourth-order valence-corrected chi connectivity index (χ4v) is 2.32. The largest absolute Gasteiger partial charge is 0.272 e. The molecule has 1 amide bonds. The van der Waals surface area contributed by atoms with Crippen LogP contribution in [0.4, 0.5) is 0 Å². The summed E-state index contributed by atoms with van der Waals surface area (Å²) in [5, 5.41) is 3.81. The van der Waals surface area contributed by atoms with Crippen LogP contribution in [-0.4, -0.2) is 26.5 Å². The van der Waals surface area contributed by atoms with E-state index in [1.165, 1.54) is 34.8 Å². The van der Waals surface area contributed by atoms with Crippen LogP contribution in [0.2, 0.25) is 0 Å². The molecule has 0 saturated heterocycles. The minimum absolute atomic E-state index is 0.111. The van der Waals surface area contributed by atoms with Gasteiger partial charge in [0.05, 0.1) is 5.75 Å². The molecule has 0 spiro atoms. The van der Waals surface area contributed by atoms with Crippen molar-refractivity contribution in [2.75, 3.05) is 11.2 Å². The third-order valence-corrected chi connectivity index (χ3v) is 3.76. The summed E-state index contributed by atoms with van der Waals surface area (Å²) in [6, 6.07) is 8.32. The van der Waals surface area contributed by atoms with Gasteiger partial charge in [-0.2, -0.15) is 4.79 Å². The molecule has 1 N–H and O–H groups in total. The number of nitrogens with one attached hydrogen (secondary N) is 1. The molecular formula is C14H18N4OS. The quantitative estimate of drug-likeness (QED) is 0.879. The van der Waals surface area contributed by atoms with Crippen LogP contribution in [0.5, 0.6) is 0 Å². The van der Waals surface area contributed by atoms with Gasteiger partial charge in [0.1, 0.15) is 12.7 Å². The van der Waals surface area contributed by atoms with Crippen LogP contribution in [0, 0.1) is 0 Å². The number of aromatic nitrogens is 3. The van der Waals surface area contributed by atoms with Gasteiger partial charge in [-0.1, -0.05) is 32.9 Å². The van der Waals surface area contributed by atoms with Crippen molar-refractivity contribution in [1.29, 1.82) is 0 Å². The highest BCUT2D eigenvalue weighted by Gasteiger charge is 2.13. The zero-order valence-corrected chi connectivity index (χ0v) is 12.6. The highest BCUT2D eigenvalue weighted by atomic mass is 32.2. The number of benzene rings is 1. The summed E-state index contributed by atoms with van der Waals surface area (Å²) < 4.78 is 0. The average molecular weight is 290 g/mol. The second-order valence-corrected chi connectivity index (χ2v) is 6.49. The summed E-state index contributed by atoms with van der Waals surface area (Å²) in [4.78, 5) is 17.8. The molecule has 0 fully saturated rings. The Labute approximate surface area is 122 Å². The van der Waals surface area contributed by atoms with Crippen molar-refractivity contribution in [3.63, 3.8) is 0 Å². The second-order valence-electron chi connectivity index (χ2n) is 5.44. The predicted molar refractivity (Wildman–Crippen MR) is 80.3 cm³/mol. The lowest BCUT2D eigenvalue weighted by molar-refractivity contribution is -0.114. The molecule has 2 aromatic rings. The van der Waals surface area contributed by atoms with Gasteiger partial charge < -0.3 is 0 Å². The molecule has 0 bridgehead atoms. The molecule has 2 rings (SSSR count). The van der Waals surface area contributed by atoms with Gasteiger partial charge in [-0.25, -0.2) is 10.4 Å². The summed E-state index contributed by atoms with van der Waals surface area (Å²) in [6.07, 6.45) is 2.82. The fraction of sp³-hybridized carbons (Fsp3) is 0.357. The minimum atomic E-state index is -0.111. The number of hydrogen-bond donors (Lipinski definition) is 1. The van der Waals surface area contributed by atoms with E-state index in [0.717, 1.165) is 4.90 Å². The van der Waals surface area contributed by atoms with Gasteiger partial charge in [0.2, 0.25) is 5.91 Å². The number of amides is 1. The number of rotatable bonds is 4. The molecule has 0 aliphatic carbocycles. The monoisotopic (exact) mass is 290 g/mol. The van der Waals surface area contributed by atoms with Crippen molar-refractivity contribution < 1.29 is 4.79 Å². The smallest absolute Gasteiger partial charge is 0.250 e. The van der Waals surface area contributed by atoms with Gasteiger partial charge in [-0.15, -0.1) is 16.9 Å². The van der Waals surface area contributed by atoms with Gasteiger partial charge >= 0.3 is 0 Å². The van der Waals surface area contributed by atoms with Crippen molar-refractivity contribution in [3.05, 3.63) is 42.5 Å². The lowest BCUT2D eigenvalue weighted by Gasteiger charge is -2.19. The Morgan fingerprint density at radius 2 is 2.00 bits per heavy atom. The summed E-state index contributed by atoms with van der Waals surface area (Å²) in [6.45, 7) is 6.54. The Balaban J connectivity index is 1.86. The van der Waals surface area contributed by atoms with Gasteiger partial charge in [0.15, 0.2) is 0 Å². The summed E-state index contributed by atoms with van der Waals surface area (Å²) >= 11 is 1.50. The molecule has 0 aliphatic rings. The Morgan fingerprint density at radius 1 is 1.30 bits per heavy atom. The number of carbonyl (C=O) groups excluding carboxylic acids is 1. The van der Waals surface area contributed by atoms with E-state index in [4.69, 9.17) is 0 Å². The fourth-order valence-electron chi connectivity index (χ4n) is 1.63. The first kappa shape index (κ1) is 14.6. The first-order chi connectivity index (χ1) is 9.45. The summed E-state index contributed by atoms with van der Waals surface area (Å²) in [7, 11) is 0. The highest BCUT2D eigenvalue weighted by molar-refractivity contribution is 8.00. The van der Waals surface area contributed by atoms with Crippen molar-refractivity contribution in [3.8, 4) is 0 Å². The van der Waals surface area contributed by atoms with Crippen molar-refractivity contribution >= 4 is 17.7 Å². The maximum atomic E-state index is 11.7. The van der Waals surface area contributed by atoms with Gasteiger partial charge in [-0.3, -0.25) is 4.79 Å². The van der Waals surface area contributed by atoms with Crippen LogP contribution in [0.15, 0.2) is 41.8 Å². The molecule has 0 radical (unpaired) electrons. The topological polar surface area (TPSA) is 59.8 Å². The predicted octanol–water partition coefficient (Wildman–Crippen LogP) is 2.44. The molecule has 106 valence electrons. The maximum Gasteiger partial charge on any atom is 0.250 e. The van der Waals surface area contributed by atoms with E-state index in [1.807, 2.05) is 12.1 Å². The van der Waals surface area contributed by atoms with E-state index < -0.39 is 0 Å². The zero-order valence-electron chi connectivity index (χ0n) is 11.8. The number of carbonyl (C=O) groups is 1. The van der Waals surface area contributed by atoms with Gasteiger partial charge in [0.25, 0.3) is 0 Å². The molecule has 6 heteroatoms. The second kappa shape index (κ2) is 6.09. The molecule has 0 unspecified atom stereocenters. The lowest BCUT2D eigenvalue weighted by Crippen LogP contribution is -2.24. The molecule has 1 aromatic heterocycles. The number of thioether (sulfide) groups is 1. The standard InChI is InChI=1S/C14H18N4OS/c1-14(2,3)11-4-6-12(7-5-11)20-8-13(19)17-18-10-15-9-16-18/h4-7,9-10H,8H2,1-3H3,(H,17,19). The molecule has 1 heterocycles. The lowest BCUT2D eigenvalue weighted by atomic mass is 9.87. The zero-order chi connectivity index (χ0) is 14.6. The Hall–Kier alpha value is -1.82. The third kappa shape index (κ3) is 4.09. The van der Waals surface area contributed by atoms with E-state index in [-0.39, 0.29) is 11.3 Å². The Bertz CT molecular complexity index is 558. The molecule has 0 saturated carbocycles. The third-order valence-electron chi connectivity index (χ3n) is 2.75. The van der Waals surface area contributed by atoms with Crippen molar-refractivity contribution in [2.45, 2.75) is 31.1 Å². The van der Waals surface area contributed by atoms with E-state index in [9.17, 15) is 4.79 Å². The molecular weight excluding hydrogens is 272 g/mol. The summed E-state index contributed by atoms with van der Waals surface area (Å²) in [5.74, 6) is 0.231. The van der Waals surface area contributed by atoms with Crippen LogP contribution >= 0.6 is 11.8 Å². The van der Waals surface area contributed by atoms with Crippen LogP contribution in [0.1, 0.15) is 26.3 Å². The number of nitrogens with zero attached hydrogens (tertiary/aromatic N) is 3. The van der Waals surface area contributed by atoms with E-state index in [0.29, 0.717) is 5.75 Å². The van der Waals surface area contributed by atoms with E-state index in [1.54, 1.807) is 0 Å². The first-order valence-corrected chi connectivity index (χ1v) is 7.31. The average Bonchev–Trinajstić information content (AvgIpc) is 2.88. The van der Waals surface area contributed by atoms with E-state index >= 15 is 0 Å². The van der Waals surface area contributed by atoms with Gasteiger partial charge in [0, 0.05) is 4.90 Å². The maximum absolute atomic E-state index is 11.7. The molecule has 0 atom stereocenters. The van der Waals surface area contributed by atoms with Crippen LogP contribution < -0.4 is 5.43 Å². The summed E-state index contributed by atoms with van der Waals surface area (Å²) in [5.41, 5.74) is 4.04. The number of hydrogen-bond acceptors (Lipinski definition) is 4. The van der Waals surface area contributed by atoms with Crippen molar-refractivity contribution in [2.24, 2.45) is 0 Å². The Morgan fingerprint density at radius 3 is 2.55 bits per heavy atom. The van der Waals surface area contributed by atoms with Gasteiger partial charge in [-0.05, 0) is 23.1 Å². The molecule has 1 aromatic carbocycles. The van der Waals surface area contributed by atoms with E-state index in [2.05, 4.69) is 48.4 Å². The Kier molecular flexibility index (Phi) is 4.44. The molecule has 0 aliphatic heterocycles. The SMILES string of the molecule is CC(C)(C)c1ccc(SCC(=O)Nn2cncn2)cc1. The first-order valence-electron chi connectivity index (χ1n) is 6.33. The van der Waals surface area contributed by atoms with Crippen LogP contribution in [0.25, 0.3) is 0 Å².